The third-order valence-corrected chi connectivity index (χ3v) is 12.3. The molecule has 1 N–H and O–H groups in total. The smallest absolute Gasteiger partial charge is 0.00728 e. The lowest BCUT2D eigenvalue weighted by Crippen LogP contribution is -2.28. The zero-order chi connectivity index (χ0) is 48.5. The molecule has 1 heteroatoms. The van der Waals surface area contributed by atoms with Crippen LogP contribution in [-0.2, 0) is 19.3 Å². The summed E-state index contributed by atoms with van der Waals surface area (Å²) in [7, 11) is 2.15. The molecule has 3 aromatic carbocycles. The quantitative estimate of drug-likeness (QED) is 0.0881. The van der Waals surface area contributed by atoms with Gasteiger partial charge in [-0.1, -0.05) is 194 Å². The minimum absolute atomic E-state index is 0.290. The van der Waals surface area contributed by atoms with Gasteiger partial charge >= 0.3 is 0 Å². The van der Waals surface area contributed by atoms with Gasteiger partial charge in [0, 0.05) is 6.04 Å². The van der Waals surface area contributed by atoms with E-state index in [4.69, 9.17) is 0 Å². The highest BCUT2D eigenvalue weighted by Crippen LogP contribution is 2.35. The lowest BCUT2D eigenvalue weighted by Gasteiger charge is -2.26. The van der Waals surface area contributed by atoms with Crippen molar-refractivity contribution in [1.82, 2.24) is 5.32 Å². The average Bonchev–Trinajstić information content (AvgIpc) is 3.33. The largest absolute Gasteiger partial charge is 0.317 e. The zero-order valence-electron chi connectivity index (χ0n) is 42.8. The van der Waals surface area contributed by atoms with Crippen molar-refractivity contribution in [3.8, 4) is 12.8 Å². The molecule has 65 heavy (non-hydrogen) atoms. The molecule has 0 aliphatic heterocycles. The number of allylic oxidation sites excluding steroid dienone is 12. The van der Waals surface area contributed by atoms with E-state index in [0.29, 0.717) is 29.2 Å². The van der Waals surface area contributed by atoms with Gasteiger partial charge in [0.25, 0.3) is 0 Å². The highest BCUT2D eigenvalue weighted by atomic mass is 14.9. The standard InChI is InChI=1S/C36H57N.C22H24.2C2H4.C2H2/c1-9-15-31(22-23-34(37-8)25-29-18-13-12-14-19-29)32(16-10-2)24-30-21-20-28(4)35(26-30)33(17-11-3)27-36(5,6)7;1-2-21-10-6-7-11-22(21)17-20-14-12-19(13-15-20)16-18-8-4-3-5-9-18;3*1-2/h12-15,17-18,20-21,26,29,32,34,37H,9-11,16,19,22-25,27H2,1-8H3;3-10,12-15,22H,2,11,16-17H2,1H3;2*1-2H2;1-2H/b31-15-,33-17+;;;;. The van der Waals surface area contributed by atoms with Gasteiger partial charge in [0.05, 0.1) is 0 Å². The van der Waals surface area contributed by atoms with E-state index in [0.717, 1.165) is 38.5 Å². The molecule has 0 radical (unpaired) electrons. The first-order valence-electron chi connectivity index (χ1n) is 24.8. The van der Waals surface area contributed by atoms with E-state index in [1.807, 2.05) is 0 Å². The molecule has 4 atom stereocenters. The summed E-state index contributed by atoms with van der Waals surface area (Å²) in [6.45, 7) is 30.5. The highest BCUT2D eigenvalue weighted by molar-refractivity contribution is 5.69. The lowest BCUT2D eigenvalue weighted by atomic mass is 9.81. The molecule has 2 aliphatic carbocycles. The Kier molecular flexibility index (Phi) is 30.8. The highest BCUT2D eigenvalue weighted by Gasteiger charge is 2.21. The van der Waals surface area contributed by atoms with Crippen LogP contribution in [0.15, 0.2) is 165 Å². The van der Waals surface area contributed by atoms with Gasteiger partial charge in [0.2, 0.25) is 0 Å². The molecule has 0 amide bonds. The van der Waals surface area contributed by atoms with Crippen LogP contribution >= 0.6 is 0 Å². The molecular formula is C64H91N. The number of aryl methyl sites for hydroxylation is 1. The minimum atomic E-state index is 0.290. The Morgan fingerprint density at radius 2 is 1.40 bits per heavy atom. The van der Waals surface area contributed by atoms with Crippen molar-refractivity contribution in [3.05, 3.63) is 198 Å². The van der Waals surface area contributed by atoms with Crippen LogP contribution in [0, 0.1) is 42.9 Å². The van der Waals surface area contributed by atoms with Gasteiger partial charge in [-0.2, -0.15) is 0 Å². The fourth-order valence-corrected chi connectivity index (χ4v) is 9.17. The van der Waals surface area contributed by atoms with Crippen molar-refractivity contribution in [2.24, 2.45) is 23.2 Å². The Hall–Kier alpha value is -4.90. The summed E-state index contributed by atoms with van der Waals surface area (Å²) in [6, 6.07) is 27.7. The SMILES string of the molecule is C#C.C=C.C=C.CC/C=C(/CCC(CC1C=CC=CC1)NC)C(CCC)Cc1ccc(C)c(/C(=C/CC)CC(C)(C)C)c1.CCC1=CC=CCC1Cc1ccc(Cc2ccccc2)cc1. The molecule has 0 heterocycles. The number of benzene rings is 3. The van der Waals surface area contributed by atoms with Crippen LogP contribution in [-0.4, -0.2) is 13.1 Å². The molecule has 0 saturated carbocycles. The van der Waals surface area contributed by atoms with Gasteiger partial charge in [-0.15, -0.1) is 39.2 Å². The summed E-state index contributed by atoms with van der Waals surface area (Å²) in [5.74, 6) is 2.00. The molecule has 0 aromatic heterocycles. The molecule has 352 valence electrons. The second-order valence-corrected chi connectivity index (χ2v) is 18.6. The summed E-state index contributed by atoms with van der Waals surface area (Å²) in [5.41, 5.74) is 13.7. The fourth-order valence-electron chi connectivity index (χ4n) is 9.17. The normalized spacial score (nSPS) is 16.4. The first-order valence-corrected chi connectivity index (χ1v) is 24.8. The average molecular weight is 874 g/mol. The number of hydrogen-bond acceptors (Lipinski definition) is 1. The van der Waals surface area contributed by atoms with E-state index in [2.05, 4.69) is 234 Å². The Bertz CT molecular complexity index is 1920. The number of terminal acetylenes is 1. The van der Waals surface area contributed by atoms with Crippen molar-refractivity contribution >= 4 is 5.57 Å². The van der Waals surface area contributed by atoms with E-state index in [1.54, 1.807) is 11.1 Å². The zero-order valence-corrected chi connectivity index (χ0v) is 42.8. The molecule has 1 nitrogen and oxygen atoms in total. The van der Waals surface area contributed by atoms with Crippen molar-refractivity contribution < 1.29 is 0 Å². The van der Waals surface area contributed by atoms with Gasteiger partial charge in [-0.25, -0.2) is 0 Å². The van der Waals surface area contributed by atoms with Crippen molar-refractivity contribution in [1.29, 1.82) is 0 Å². The van der Waals surface area contributed by atoms with E-state index < -0.39 is 0 Å². The second kappa shape index (κ2) is 34.4. The summed E-state index contributed by atoms with van der Waals surface area (Å²) < 4.78 is 0. The molecule has 2 aliphatic rings. The monoisotopic (exact) mass is 874 g/mol. The summed E-state index contributed by atoms with van der Waals surface area (Å²) in [4.78, 5) is 0. The van der Waals surface area contributed by atoms with E-state index in [-0.39, 0.29) is 0 Å². The predicted molar refractivity (Wildman–Crippen MR) is 294 cm³/mol. The van der Waals surface area contributed by atoms with E-state index in [1.165, 1.54) is 90.3 Å². The van der Waals surface area contributed by atoms with E-state index in [9.17, 15) is 0 Å². The van der Waals surface area contributed by atoms with Gasteiger partial charge in [0.15, 0.2) is 0 Å². The van der Waals surface area contributed by atoms with Crippen LogP contribution in [0.2, 0.25) is 0 Å². The summed E-state index contributed by atoms with van der Waals surface area (Å²) >= 11 is 0. The maximum atomic E-state index is 4.00. The van der Waals surface area contributed by atoms with Crippen molar-refractivity contribution in [2.45, 2.75) is 151 Å². The Morgan fingerprint density at radius 1 is 0.769 bits per heavy atom. The molecular weight excluding hydrogens is 783 g/mol. The van der Waals surface area contributed by atoms with Gasteiger partial charge < -0.3 is 5.32 Å². The molecule has 5 rings (SSSR count). The molecule has 0 bridgehead atoms. The third kappa shape index (κ3) is 22.7. The van der Waals surface area contributed by atoms with E-state index >= 15 is 0 Å². The third-order valence-electron chi connectivity index (χ3n) is 12.3. The van der Waals surface area contributed by atoms with Gasteiger partial charge in [0.1, 0.15) is 0 Å². The van der Waals surface area contributed by atoms with Crippen LogP contribution in [0.5, 0.6) is 0 Å². The topological polar surface area (TPSA) is 12.0 Å². The van der Waals surface area contributed by atoms with Crippen molar-refractivity contribution in [2.75, 3.05) is 7.05 Å². The number of rotatable bonds is 20. The number of hydrogen-bond donors (Lipinski definition) is 1. The number of nitrogens with one attached hydrogen (secondary N) is 1. The summed E-state index contributed by atoms with van der Waals surface area (Å²) in [6.07, 6.45) is 45.3. The van der Waals surface area contributed by atoms with Crippen LogP contribution in [0.4, 0.5) is 0 Å². The minimum Gasteiger partial charge on any atom is -0.317 e. The predicted octanol–water partition coefficient (Wildman–Crippen LogP) is 18.0. The maximum Gasteiger partial charge on any atom is 0.00728 e. The lowest BCUT2D eigenvalue weighted by molar-refractivity contribution is 0.415. The first kappa shape index (κ1) is 58.1. The molecule has 0 saturated heterocycles. The Balaban J connectivity index is 0.000000638. The summed E-state index contributed by atoms with van der Waals surface area (Å²) in [5, 5.41) is 3.63. The molecule has 0 fully saturated rings. The molecule has 3 aromatic rings. The van der Waals surface area contributed by atoms with Crippen LogP contribution < -0.4 is 5.32 Å². The Labute approximate surface area is 401 Å². The molecule has 4 unspecified atom stereocenters. The van der Waals surface area contributed by atoms with Gasteiger partial charge in [-0.05, 0) is 160 Å². The fraction of sp³-hybridized carbons (Fsp3) is 0.438. The van der Waals surface area contributed by atoms with Gasteiger partial charge in [-0.3, -0.25) is 0 Å². The van der Waals surface area contributed by atoms with Crippen LogP contribution in [0.25, 0.3) is 5.57 Å². The second-order valence-electron chi connectivity index (χ2n) is 18.6. The first-order chi connectivity index (χ1) is 31.5. The van der Waals surface area contributed by atoms with Crippen LogP contribution in [0.3, 0.4) is 0 Å². The van der Waals surface area contributed by atoms with Crippen LogP contribution in [0.1, 0.15) is 152 Å². The van der Waals surface area contributed by atoms with Crippen molar-refractivity contribution in [3.63, 3.8) is 0 Å². The molecule has 0 spiro atoms. The maximum absolute atomic E-state index is 4.00. The Morgan fingerprint density at radius 3 is 1.98 bits per heavy atom.